The first-order valence-electron chi connectivity index (χ1n) is 1.56. The van der Waals surface area contributed by atoms with E-state index >= 15 is 0 Å². The fourth-order valence-corrected chi connectivity index (χ4v) is 0.493. The average molecular weight is 99.1 g/mol. The van der Waals surface area contributed by atoms with Gasteiger partial charge in [-0.05, 0) is 18.5 Å². The van der Waals surface area contributed by atoms with Crippen LogP contribution in [0.3, 0.4) is 0 Å². The molecular weight excluding hydrogens is 96.1 g/mol. The second kappa shape index (κ2) is 1.34. The number of nitrogens with zero attached hydrogens (tertiary/aromatic N) is 2. The van der Waals surface area contributed by atoms with Crippen molar-refractivity contribution in [1.29, 1.82) is 0 Å². The summed E-state index contributed by atoms with van der Waals surface area (Å²) in [6.07, 6.45) is 2.45. The maximum absolute atomic E-state index is 3.70. The summed E-state index contributed by atoms with van der Waals surface area (Å²) < 4.78 is 3.63. The van der Waals surface area contributed by atoms with Gasteiger partial charge in [0, 0.05) is 0 Å². The quantitative estimate of drug-likeness (QED) is 0.477. The zero-order valence-corrected chi connectivity index (χ0v) is 4.12. The fourth-order valence-electron chi connectivity index (χ4n) is 0.198. The highest BCUT2D eigenvalue weighted by Crippen LogP contribution is 1.91. The predicted octanol–water partition coefficient (Wildman–Crippen LogP) is 0.647. The molecule has 1 aromatic heterocycles. The number of hydrogen-bond acceptors (Lipinski definition) is 3. The highest BCUT2D eigenvalue weighted by Gasteiger charge is 1.79. The number of aromatic nitrogens is 2. The third-order valence-corrected chi connectivity index (χ3v) is 0.954. The number of rotatable bonds is 0. The van der Waals surface area contributed by atoms with Crippen LogP contribution in [0.25, 0.3) is 0 Å². The molecule has 0 amide bonds. The molecule has 0 unspecified atom stereocenters. The molecule has 31 valence electrons. The summed E-state index contributed by atoms with van der Waals surface area (Å²) in [4.78, 5) is 3.70. The number of aryl methyl sites for hydroxylation is 1. The summed E-state index contributed by atoms with van der Waals surface area (Å²) in [7, 11) is 0. The summed E-state index contributed by atoms with van der Waals surface area (Å²) in [5, 5.41) is 0.968. The molecule has 0 N–H and O–H groups in total. The van der Waals surface area contributed by atoms with E-state index < -0.39 is 0 Å². The van der Waals surface area contributed by atoms with Crippen molar-refractivity contribution in [2.24, 2.45) is 0 Å². The van der Waals surface area contributed by atoms with Gasteiger partial charge in [-0.25, -0.2) is 4.98 Å². The first-order valence-corrected chi connectivity index (χ1v) is 2.33. The van der Waals surface area contributed by atoms with Crippen molar-refractivity contribution in [2.45, 2.75) is 6.92 Å². The summed E-state index contributed by atoms with van der Waals surface area (Å²) in [5.74, 6) is 0. The molecule has 0 atom stereocenters. The lowest BCUT2D eigenvalue weighted by Crippen LogP contribution is -1.57. The number of hydrogen-bond donors (Lipinski definition) is 0. The molecule has 1 radical (unpaired) electrons. The van der Waals surface area contributed by atoms with Crippen molar-refractivity contribution in [3.05, 3.63) is 11.3 Å². The third-order valence-electron chi connectivity index (χ3n) is 0.426. The minimum absolute atomic E-state index is 0.968. The van der Waals surface area contributed by atoms with Crippen LogP contribution in [0.2, 0.25) is 0 Å². The molecule has 0 aromatic carbocycles. The van der Waals surface area contributed by atoms with Crippen LogP contribution in [0, 0.1) is 13.3 Å². The van der Waals surface area contributed by atoms with Crippen LogP contribution >= 0.6 is 11.5 Å². The minimum atomic E-state index is 0.968. The van der Waals surface area contributed by atoms with Gasteiger partial charge in [0.15, 0.2) is 0 Å². The molecule has 0 fully saturated rings. The Bertz CT molecular complexity index is 112. The van der Waals surface area contributed by atoms with Crippen LogP contribution in [0.15, 0.2) is 0 Å². The first kappa shape index (κ1) is 3.74. The lowest BCUT2D eigenvalue weighted by atomic mass is 10.9. The van der Waals surface area contributed by atoms with Crippen molar-refractivity contribution in [2.75, 3.05) is 0 Å². The fraction of sp³-hybridized carbons (Fsp3) is 0.333. The van der Waals surface area contributed by atoms with Gasteiger partial charge in [0.05, 0.1) is 0 Å². The molecule has 0 bridgehead atoms. The van der Waals surface area contributed by atoms with Crippen LogP contribution in [-0.2, 0) is 0 Å². The molecule has 1 aromatic rings. The smallest absolute Gasteiger partial charge is 0.211 e. The van der Waals surface area contributed by atoms with Crippen molar-refractivity contribution in [3.8, 4) is 0 Å². The molecule has 0 saturated heterocycles. The third kappa shape index (κ3) is 0.542. The molecule has 0 aliphatic carbocycles. The Balaban J connectivity index is 3.05. The maximum atomic E-state index is 3.70. The molecule has 0 aliphatic heterocycles. The van der Waals surface area contributed by atoms with Gasteiger partial charge in [0.25, 0.3) is 0 Å². The van der Waals surface area contributed by atoms with Gasteiger partial charge in [-0.1, -0.05) is 0 Å². The van der Waals surface area contributed by atoms with E-state index in [0.717, 1.165) is 5.01 Å². The van der Waals surface area contributed by atoms with Crippen LogP contribution < -0.4 is 0 Å². The SMILES string of the molecule is Cc1n[c]ns1. The Morgan fingerprint density at radius 3 is 2.83 bits per heavy atom. The summed E-state index contributed by atoms with van der Waals surface area (Å²) in [6, 6.07) is 0. The van der Waals surface area contributed by atoms with Crippen LogP contribution in [0.5, 0.6) is 0 Å². The van der Waals surface area contributed by atoms with Crippen LogP contribution in [-0.4, -0.2) is 9.36 Å². The topological polar surface area (TPSA) is 25.8 Å². The van der Waals surface area contributed by atoms with Gasteiger partial charge >= 0.3 is 0 Å². The summed E-state index contributed by atoms with van der Waals surface area (Å²) >= 11 is 1.36. The largest absolute Gasteiger partial charge is 0.217 e. The van der Waals surface area contributed by atoms with Crippen molar-refractivity contribution >= 4 is 11.5 Å². The monoisotopic (exact) mass is 99.0 g/mol. The summed E-state index contributed by atoms with van der Waals surface area (Å²) in [6.45, 7) is 1.90. The second-order valence-corrected chi connectivity index (χ2v) is 1.87. The first-order chi connectivity index (χ1) is 2.89. The Hall–Kier alpha value is -0.440. The van der Waals surface area contributed by atoms with Crippen molar-refractivity contribution < 1.29 is 0 Å². The van der Waals surface area contributed by atoms with Gasteiger partial charge in [-0.2, -0.15) is 4.37 Å². The van der Waals surface area contributed by atoms with Crippen molar-refractivity contribution in [3.63, 3.8) is 0 Å². The van der Waals surface area contributed by atoms with E-state index in [1.54, 1.807) is 0 Å². The molecule has 2 nitrogen and oxygen atoms in total. The second-order valence-electron chi connectivity index (χ2n) is 0.913. The zero-order valence-electron chi connectivity index (χ0n) is 3.30. The van der Waals surface area contributed by atoms with Gasteiger partial charge in [-0.3, -0.25) is 0 Å². The van der Waals surface area contributed by atoms with E-state index in [2.05, 4.69) is 15.7 Å². The lowest BCUT2D eigenvalue weighted by molar-refractivity contribution is 1.24. The van der Waals surface area contributed by atoms with Crippen molar-refractivity contribution in [1.82, 2.24) is 9.36 Å². The molecule has 6 heavy (non-hydrogen) atoms. The highest BCUT2D eigenvalue weighted by atomic mass is 32.1. The molecule has 3 heteroatoms. The van der Waals surface area contributed by atoms with E-state index in [1.165, 1.54) is 11.5 Å². The zero-order chi connectivity index (χ0) is 4.41. The minimum Gasteiger partial charge on any atom is -0.217 e. The molecule has 0 spiro atoms. The van der Waals surface area contributed by atoms with E-state index in [1.807, 2.05) is 6.92 Å². The molecule has 1 heterocycles. The van der Waals surface area contributed by atoms with E-state index in [4.69, 9.17) is 0 Å². The van der Waals surface area contributed by atoms with E-state index in [9.17, 15) is 0 Å². The van der Waals surface area contributed by atoms with Gasteiger partial charge in [-0.15, -0.1) is 0 Å². The Morgan fingerprint density at radius 2 is 2.67 bits per heavy atom. The maximum Gasteiger partial charge on any atom is 0.211 e. The highest BCUT2D eigenvalue weighted by molar-refractivity contribution is 7.05. The molecule has 0 aliphatic rings. The van der Waals surface area contributed by atoms with Gasteiger partial charge < -0.3 is 0 Å². The van der Waals surface area contributed by atoms with Gasteiger partial charge in [0.1, 0.15) is 5.01 Å². The van der Waals surface area contributed by atoms with Gasteiger partial charge in [0.2, 0.25) is 6.33 Å². The van der Waals surface area contributed by atoms with Crippen LogP contribution in [0.4, 0.5) is 0 Å². The average Bonchev–Trinajstić information content (AvgIpc) is 1.86. The molecule has 0 saturated carbocycles. The molecular formula is C3H3N2S. The molecule has 1 rings (SSSR count). The normalized spacial score (nSPS) is 8.83. The van der Waals surface area contributed by atoms with E-state index in [0.29, 0.717) is 0 Å². The van der Waals surface area contributed by atoms with Crippen LogP contribution in [0.1, 0.15) is 5.01 Å². The predicted molar refractivity (Wildman–Crippen MR) is 23.5 cm³/mol. The summed E-state index contributed by atoms with van der Waals surface area (Å²) in [5.41, 5.74) is 0. The Labute approximate surface area is 40.0 Å². The Morgan fingerprint density at radius 1 is 1.83 bits per heavy atom. The standard InChI is InChI=1S/C3H3N2S/c1-3-4-2-5-6-3/h1H3. The van der Waals surface area contributed by atoms with E-state index in [-0.39, 0.29) is 0 Å². The lowest BCUT2D eigenvalue weighted by Gasteiger charge is -1.61. The Kier molecular flexibility index (Phi) is 0.837.